The molecule has 0 aliphatic heterocycles. The molecule has 2 aromatic carbocycles. The predicted molar refractivity (Wildman–Crippen MR) is 121 cm³/mol. The van der Waals surface area contributed by atoms with E-state index in [1.807, 2.05) is 24.3 Å². The first kappa shape index (κ1) is 19.6. The van der Waals surface area contributed by atoms with Gasteiger partial charge in [0.15, 0.2) is 11.3 Å². The molecular formula is C25H30N4. The lowest BCUT2D eigenvalue weighted by molar-refractivity contribution is 0.589. The Morgan fingerprint density at radius 3 is 2.14 bits per heavy atom. The van der Waals surface area contributed by atoms with Crippen molar-refractivity contribution in [3.05, 3.63) is 54.1 Å². The van der Waals surface area contributed by atoms with Crippen LogP contribution in [0.4, 0.5) is 0 Å². The van der Waals surface area contributed by atoms with Crippen molar-refractivity contribution in [2.45, 2.75) is 65.3 Å². The summed E-state index contributed by atoms with van der Waals surface area (Å²) in [5, 5.41) is 0. The molecule has 2 heterocycles. The number of imidazole rings is 1. The van der Waals surface area contributed by atoms with Crippen molar-refractivity contribution >= 4 is 22.3 Å². The molecule has 0 bridgehead atoms. The molecule has 4 rings (SSSR count). The second kappa shape index (κ2) is 7.94. The Morgan fingerprint density at radius 2 is 1.48 bits per heavy atom. The SMILES string of the molecule is CCCCCCn1c(-c2ccc(C(C)(C)C)cc2)nc2nc3ccccc3nc21. The van der Waals surface area contributed by atoms with E-state index < -0.39 is 0 Å². The molecule has 0 saturated heterocycles. The zero-order chi connectivity index (χ0) is 20.4. The Balaban J connectivity index is 1.81. The summed E-state index contributed by atoms with van der Waals surface area (Å²) in [6, 6.07) is 16.8. The largest absolute Gasteiger partial charge is 0.307 e. The van der Waals surface area contributed by atoms with E-state index in [0.29, 0.717) is 0 Å². The van der Waals surface area contributed by atoms with Gasteiger partial charge in [-0.15, -0.1) is 0 Å². The number of nitrogens with zero attached hydrogens (tertiary/aromatic N) is 4. The summed E-state index contributed by atoms with van der Waals surface area (Å²) in [4.78, 5) is 14.6. The summed E-state index contributed by atoms with van der Waals surface area (Å²) in [5.41, 5.74) is 6.02. The van der Waals surface area contributed by atoms with Crippen molar-refractivity contribution in [1.29, 1.82) is 0 Å². The number of hydrogen-bond acceptors (Lipinski definition) is 3. The smallest absolute Gasteiger partial charge is 0.198 e. The molecule has 0 aliphatic rings. The third kappa shape index (κ3) is 4.02. The zero-order valence-corrected chi connectivity index (χ0v) is 17.9. The van der Waals surface area contributed by atoms with Gasteiger partial charge in [0.05, 0.1) is 11.0 Å². The highest BCUT2D eigenvalue weighted by Gasteiger charge is 2.18. The fourth-order valence-electron chi connectivity index (χ4n) is 3.75. The summed E-state index contributed by atoms with van der Waals surface area (Å²) in [6.45, 7) is 9.88. The first-order chi connectivity index (χ1) is 14.0. The van der Waals surface area contributed by atoms with E-state index in [1.54, 1.807) is 0 Å². The van der Waals surface area contributed by atoms with Crippen LogP contribution in [0.2, 0.25) is 0 Å². The van der Waals surface area contributed by atoms with E-state index >= 15 is 0 Å². The van der Waals surface area contributed by atoms with Crippen molar-refractivity contribution in [3.8, 4) is 11.4 Å². The second-order valence-electron chi connectivity index (χ2n) is 8.83. The minimum absolute atomic E-state index is 0.139. The van der Waals surface area contributed by atoms with Gasteiger partial charge in [0.2, 0.25) is 0 Å². The Bertz CT molecular complexity index is 1120. The standard InChI is InChI=1S/C25H30N4/c1-5-6-7-10-17-29-23(18-13-15-19(16-14-18)25(2,3)4)28-22-24(29)27-21-12-9-8-11-20(21)26-22/h8-9,11-16H,5-7,10,17H2,1-4H3. The lowest BCUT2D eigenvalue weighted by Gasteiger charge is -2.19. The average Bonchev–Trinajstić information content (AvgIpc) is 3.06. The molecule has 150 valence electrons. The van der Waals surface area contributed by atoms with Crippen LogP contribution in [0.1, 0.15) is 58.9 Å². The third-order valence-electron chi connectivity index (χ3n) is 5.50. The molecule has 0 N–H and O–H groups in total. The molecule has 0 aliphatic carbocycles. The fraction of sp³-hybridized carbons (Fsp3) is 0.400. The van der Waals surface area contributed by atoms with E-state index in [9.17, 15) is 0 Å². The monoisotopic (exact) mass is 386 g/mol. The number of rotatable bonds is 6. The molecule has 0 spiro atoms. The Hall–Kier alpha value is -2.75. The number of para-hydroxylation sites is 2. The molecule has 4 aromatic rings. The maximum atomic E-state index is 4.92. The number of hydrogen-bond donors (Lipinski definition) is 0. The van der Waals surface area contributed by atoms with Crippen LogP contribution < -0.4 is 0 Å². The summed E-state index contributed by atoms with van der Waals surface area (Å²) < 4.78 is 2.26. The number of aryl methyl sites for hydroxylation is 1. The topological polar surface area (TPSA) is 43.6 Å². The molecule has 29 heavy (non-hydrogen) atoms. The van der Waals surface area contributed by atoms with Crippen molar-refractivity contribution in [1.82, 2.24) is 19.5 Å². The van der Waals surface area contributed by atoms with E-state index in [0.717, 1.165) is 46.7 Å². The molecule has 2 aromatic heterocycles. The van der Waals surface area contributed by atoms with Gasteiger partial charge in [0.25, 0.3) is 0 Å². The van der Waals surface area contributed by atoms with Gasteiger partial charge in [-0.2, -0.15) is 0 Å². The highest BCUT2D eigenvalue weighted by atomic mass is 15.2. The van der Waals surface area contributed by atoms with Gasteiger partial charge in [0, 0.05) is 12.1 Å². The van der Waals surface area contributed by atoms with Crippen molar-refractivity contribution < 1.29 is 0 Å². The van der Waals surface area contributed by atoms with Gasteiger partial charge in [-0.3, -0.25) is 0 Å². The van der Waals surface area contributed by atoms with E-state index in [1.165, 1.54) is 24.8 Å². The van der Waals surface area contributed by atoms with Crippen molar-refractivity contribution in [2.75, 3.05) is 0 Å². The van der Waals surface area contributed by atoms with Crippen LogP contribution in [-0.2, 0) is 12.0 Å². The van der Waals surface area contributed by atoms with Gasteiger partial charge >= 0.3 is 0 Å². The van der Waals surface area contributed by atoms with Gasteiger partial charge < -0.3 is 4.57 Å². The van der Waals surface area contributed by atoms with Crippen LogP contribution >= 0.6 is 0 Å². The molecule has 0 saturated carbocycles. The highest BCUT2D eigenvalue weighted by Crippen LogP contribution is 2.28. The van der Waals surface area contributed by atoms with Crippen LogP contribution in [0.5, 0.6) is 0 Å². The second-order valence-corrected chi connectivity index (χ2v) is 8.83. The number of benzene rings is 2. The molecule has 4 heteroatoms. The minimum Gasteiger partial charge on any atom is -0.307 e. The van der Waals surface area contributed by atoms with Gasteiger partial charge in [-0.25, -0.2) is 15.0 Å². The Labute approximate surface area is 173 Å². The van der Waals surface area contributed by atoms with Crippen molar-refractivity contribution in [3.63, 3.8) is 0 Å². The Morgan fingerprint density at radius 1 is 0.793 bits per heavy atom. The first-order valence-corrected chi connectivity index (χ1v) is 10.7. The molecule has 0 radical (unpaired) electrons. The average molecular weight is 387 g/mol. The van der Waals surface area contributed by atoms with E-state index in [4.69, 9.17) is 15.0 Å². The quantitative estimate of drug-likeness (QED) is 0.354. The van der Waals surface area contributed by atoms with Gasteiger partial charge in [-0.1, -0.05) is 83.4 Å². The summed E-state index contributed by atoms with van der Waals surface area (Å²) >= 11 is 0. The van der Waals surface area contributed by atoms with Crippen LogP contribution in [-0.4, -0.2) is 19.5 Å². The summed E-state index contributed by atoms with van der Waals surface area (Å²) in [6.07, 6.45) is 4.84. The molecule has 0 unspecified atom stereocenters. The number of fused-ring (bicyclic) bond motifs is 2. The number of unbranched alkanes of at least 4 members (excludes halogenated alkanes) is 3. The highest BCUT2D eigenvalue weighted by molar-refractivity contribution is 5.84. The van der Waals surface area contributed by atoms with Crippen LogP contribution in [0, 0.1) is 0 Å². The molecular weight excluding hydrogens is 356 g/mol. The van der Waals surface area contributed by atoms with Crippen LogP contribution in [0.25, 0.3) is 33.7 Å². The maximum absolute atomic E-state index is 4.92. The number of aromatic nitrogens is 4. The van der Waals surface area contributed by atoms with Crippen LogP contribution in [0.15, 0.2) is 48.5 Å². The molecule has 4 nitrogen and oxygen atoms in total. The lowest BCUT2D eigenvalue weighted by Crippen LogP contribution is -2.10. The zero-order valence-electron chi connectivity index (χ0n) is 17.9. The fourth-order valence-corrected chi connectivity index (χ4v) is 3.75. The third-order valence-corrected chi connectivity index (χ3v) is 5.50. The Kier molecular flexibility index (Phi) is 5.35. The molecule has 0 atom stereocenters. The maximum Gasteiger partial charge on any atom is 0.198 e. The van der Waals surface area contributed by atoms with Gasteiger partial charge in [-0.05, 0) is 29.5 Å². The molecule has 0 amide bonds. The minimum atomic E-state index is 0.139. The first-order valence-electron chi connectivity index (χ1n) is 10.7. The van der Waals surface area contributed by atoms with Crippen LogP contribution in [0.3, 0.4) is 0 Å². The molecule has 0 fully saturated rings. The lowest BCUT2D eigenvalue weighted by atomic mass is 9.87. The van der Waals surface area contributed by atoms with Crippen molar-refractivity contribution in [2.24, 2.45) is 0 Å². The predicted octanol–water partition coefficient (Wildman–Crippen LogP) is 6.52. The van der Waals surface area contributed by atoms with E-state index in [2.05, 4.69) is 56.5 Å². The summed E-state index contributed by atoms with van der Waals surface area (Å²) in [5.74, 6) is 0.965. The van der Waals surface area contributed by atoms with E-state index in [-0.39, 0.29) is 5.41 Å². The summed E-state index contributed by atoms with van der Waals surface area (Å²) in [7, 11) is 0. The van der Waals surface area contributed by atoms with Gasteiger partial charge in [0.1, 0.15) is 5.82 Å². The normalized spacial score (nSPS) is 12.1.